The van der Waals surface area contributed by atoms with Gasteiger partial charge in [-0.25, -0.2) is 0 Å². The van der Waals surface area contributed by atoms with E-state index in [-0.39, 0.29) is 24.5 Å². The number of amides is 1. The highest BCUT2D eigenvalue weighted by Crippen LogP contribution is 2.31. The summed E-state index contributed by atoms with van der Waals surface area (Å²) >= 11 is 0. The minimum atomic E-state index is -0.842. The van der Waals surface area contributed by atoms with Crippen molar-refractivity contribution in [3.63, 3.8) is 0 Å². The molecule has 2 aromatic rings. The Hall–Kier alpha value is -2.86. The number of Topliss-reactive ketones (excluding diaryl/α,β-unsaturated/α-hetero) is 1. The van der Waals surface area contributed by atoms with E-state index in [0.717, 1.165) is 0 Å². The lowest BCUT2D eigenvalue weighted by atomic mass is 10.0. The van der Waals surface area contributed by atoms with Gasteiger partial charge in [-0.15, -0.1) is 0 Å². The highest BCUT2D eigenvalue weighted by molar-refractivity contribution is 5.97. The van der Waals surface area contributed by atoms with E-state index in [0.29, 0.717) is 28.3 Å². The van der Waals surface area contributed by atoms with Crippen molar-refractivity contribution in [2.75, 3.05) is 19.5 Å². The van der Waals surface area contributed by atoms with Crippen molar-refractivity contribution in [2.45, 2.75) is 25.9 Å². The fraction of sp³-hybridized carbons (Fsp3) is 0.300. The Morgan fingerprint density at radius 2 is 1.88 bits per heavy atom. The van der Waals surface area contributed by atoms with Gasteiger partial charge in [0.15, 0.2) is 5.78 Å². The average molecular weight is 357 g/mol. The summed E-state index contributed by atoms with van der Waals surface area (Å²) in [5.41, 5.74) is 1.68. The maximum Gasteiger partial charge on any atom is 0.224 e. The second-order valence-corrected chi connectivity index (χ2v) is 5.85. The molecule has 2 aromatic carbocycles. The lowest BCUT2D eigenvalue weighted by Gasteiger charge is -2.15. The van der Waals surface area contributed by atoms with Crippen LogP contribution in [-0.2, 0) is 4.79 Å². The van der Waals surface area contributed by atoms with E-state index in [2.05, 4.69) is 5.32 Å². The minimum absolute atomic E-state index is 0.0666. The number of rotatable bonds is 8. The molecule has 0 heterocycles. The molecular weight excluding hydrogens is 334 g/mol. The lowest BCUT2D eigenvalue weighted by Crippen LogP contribution is -2.13. The van der Waals surface area contributed by atoms with Crippen molar-refractivity contribution in [1.82, 2.24) is 0 Å². The molecule has 0 aliphatic rings. The first-order valence-corrected chi connectivity index (χ1v) is 8.25. The van der Waals surface area contributed by atoms with Crippen LogP contribution < -0.4 is 14.8 Å². The molecule has 6 nitrogen and oxygen atoms in total. The first kappa shape index (κ1) is 19.5. The van der Waals surface area contributed by atoms with Gasteiger partial charge in [0.25, 0.3) is 0 Å². The first-order valence-electron chi connectivity index (χ1n) is 8.25. The van der Waals surface area contributed by atoms with Gasteiger partial charge in [0.2, 0.25) is 5.91 Å². The van der Waals surface area contributed by atoms with E-state index in [4.69, 9.17) is 9.47 Å². The molecule has 1 atom stereocenters. The number of nitrogens with one attached hydrogen (secondary N) is 1. The van der Waals surface area contributed by atoms with Crippen molar-refractivity contribution in [2.24, 2.45) is 0 Å². The van der Waals surface area contributed by atoms with Crippen molar-refractivity contribution in [3.05, 3.63) is 53.6 Å². The summed E-state index contributed by atoms with van der Waals surface area (Å²) < 4.78 is 10.4. The number of hydrogen-bond acceptors (Lipinski definition) is 5. The fourth-order valence-corrected chi connectivity index (χ4v) is 2.56. The number of aliphatic hydroxyl groups is 1. The van der Waals surface area contributed by atoms with Crippen LogP contribution in [0.3, 0.4) is 0 Å². The normalized spacial score (nSPS) is 11.5. The molecule has 0 spiro atoms. The van der Waals surface area contributed by atoms with Gasteiger partial charge < -0.3 is 19.9 Å². The van der Waals surface area contributed by atoms with E-state index in [9.17, 15) is 14.7 Å². The fourth-order valence-electron chi connectivity index (χ4n) is 2.56. The monoisotopic (exact) mass is 357 g/mol. The molecule has 0 fully saturated rings. The lowest BCUT2D eigenvalue weighted by molar-refractivity contribution is -0.116. The van der Waals surface area contributed by atoms with Crippen LogP contribution in [0.5, 0.6) is 11.5 Å². The first-order chi connectivity index (χ1) is 12.4. The molecule has 138 valence electrons. The third-order valence-electron chi connectivity index (χ3n) is 4.00. The second kappa shape index (κ2) is 9.01. The summed E-state index contributed by atoms with van der Waals surface area (Å²) in [6.45, 7) is 1.47. The van der Waals surface area contributed by atoms with Gasteiger partial charge in [-0.05, 0) is 37.6 Å². The number of aliphatic hydroxyl groups excluding tert-OH is 1. The number of carbonyl (C=O) groups is 2. The Balaban J connectivity index is 1.96. The van der Waals surface area contributed by atoms with Crippen LogP contribution in [0, 0.1) is 0 Å². The molecule has 0 aliphatic heterocycles. The zero-order valence-corrected chi connectivity index (χ0v) is 15.1. The van der Waals surface area contributed by atoms with E-state index in [1.54, 1.807) is 49.6 Å². The molecule has 1 unspecified atom stereocenters. The van der Waals surface area contributed by atoms with Crippen LogP contribution in [0.25, 0.3) is 0 Å². The van der Waals surface area contributed by atoms with Crippen LogP contribution in [-0.4, -0.2) is 31.0 Å². The Bertz CT molecular complexity index is 788. The SMILES string of the molecule is COc1ccc(C(O)CCC(=O)Nc2cccc(C(C)=O)c2)c(OC)c1. The van der Waals surface area contributed by atoms with Gasteiger partial charge in [0, 0.05) is 29.3 Å². The van der Waals surface area contributed by atoms with E-state index < -0.39 is 6.10 Å². The summed E-state index contributed by atoms with van der Waals surface area (Å²) in [5, 5.41) is 13.1. The third kappa shape index (κ3) is 5.07. The Labute approximate surface area is 152 Å². The molecular formula is C20H23NO5. The molecule has 0 aromatic heterocycles. The minimum Gasteiger partial charge on any atom is -0.497 e. The van der Waals surface area contributed by atoms with Gasteiger partial charge >= 0.3 is 0 Å². The van der Waals surface area contributed by atoms with E-state index in [1.165, 1.54) is 14.0 Å². The molecule has 2 N–H and O–H groups in total. The average Bonchev–Trinajstić information content (AvgIpc) is 2.65. The Morgan fingerprint density at radius 1 is 1.12 bits per heavy atom. The van der Waals surface area contributed by atoms with Crippen LogP contribution >= 0.6 is 0 Å². The van der Waals surface area contributed by atoms with Crippen molar-refractivity contribution < 1.29 is 24.2 Å². The van der Waals surface area contributed by atoms with E-state index >= 15 is 0 Å². The number of ketones is 1. The summed E-state index contributed by atoms with van der Waals surface area (Å²) in [7, 11) is 3.07. The van der Waals surface area contributed by atoms with Crippen LogP contribution in [0.1, 0.15) is 41.8 Å². The molecule has 26 heavy (non-hydrogen) atoms. The number of methoxy groups -OCH3 is 2. The van der Waals surface area contributed by atoms with Crippen LogP contribution in [0.4, 0.5) is 5.69 Å². The maximum atomic E-state index is 12.1. The van der Waals surface area contributed by atoms with Crippen LogP contribution in [0.2, 0.25) is 0 Å². The largest absolute Gasteiger partial charge is 0.497 e. The zero-order valence-electron chi connectivity index (χ0n) is 15.1. The number of carbonyl (C=O) groups excluding carboxylic acids is 2. The maximum absolute atomic E-state index is 12.1. The molecule has 0 aliphatic carbocycles. The summed E-state index contributed by atoms with van der Waals surface area (Å²) in [4.78, 5) is 23.5. The summed E-state index contributed by atoms with van der Waals surface area (Å²) in [5.74, 6) is 0.827. The summed E-state index contributed by atoms with van der Waals surface area (Å²) in [6.07, 6.45) is -0.480. The number of ether oxygens (including phenoxy) is 2. The second-order valence-electron chi connectivity index (χ2n) is 5.85. The highest BCUT2D eigenvalue weighted by Gasteiger charge is 2.16. The Morgan fingerprint density at radius 3 is 2.54 bits per heavy atom. The van der Waals surface area contributed by atoms with Gasteiger partial charge in [-0.1, -0.05) is 12.1 Å². The predicted octanol–water partition coefficient (Wildman–Crippen LogP) is 3.36. The van der Waals surface area contributed by atoms with Gasteiger partial charge in [-0.3, -0.25) is 9.59 Å². The summed E-state index contributed by atoms with van der Waals surface area (Å²) in [6, 6.07) is 11.9. The van der Waals surface area contributed by atoms with Gasteiger partial charge in [0.05, 0.1) is 20.3 Å². The van der Waals surface area contributed by atoms with Gasteiger partial charge in [0.1, 0.15) is 11.5 Å². The quantitative estimate of drug-likeness (QED) is 0.708. The van der Waals surface area contributed by atoms with Crippen molar-refractivity contribution in [1.29, 1.82) is 0 Å². The van der Waals surface area contributed by atoms with Crippen molar-refractivity contribution >= 4 is 17.4 Å². The molecule has 6 heteroatoms. The van der Waals surface area contributed by atoms with Crippen molar-refractivity contribution in [3.8, 4) is 11.5 Å². The smallest absolute Gasteiger partial charge is 0.224 e. The molecule has 1 amide bonds. The topological polar surface area (TPSA) is 84.9 Å². The molecule has 0 saturated carbocycles. The Kier molecular flexibility index (Phi) is 6.74. The standard InChI is InChI=1S/C20H23NO5/c1-13(22)14-5-4-6-15(11-14)21-20(24)10-9-18(23)17-8-7-16(25-2)12-19(17)26-3/h4-8,11-12,18,23H,9-10H2,1-3H3,(H,21,24). The number of benzene rings is 2. The van der Waals surface area contributed by atoms with Gasteiger partial charge in [-0.2, -0.15) is 0 Å². The highest BCUT2D eigenvalue weighted by atomic mass is 16.5. The predicted molar refractivity (Wildman–Crippen MR) is 98.8 cm³/mol. The number of hydrogen-bond donors (Lipinski definition) is 2. The molecule has 0 bridgehead atoms. The van der Waals surface area contributed by atoms with E-state index in [1.807, 2.05) is 0 Å². The molecule has 2 rings (SSSR count). The van der Waals surface area contributed by atoms with Crippen LogP contribution in [0.15, 0.2) is 42.5 Å². The zero-order chi connectivity index (χ0) is 19.1. The molecule has 0 radical (unpaired) electrons. The number of anilines is 1. The molecule has 0 saturated heterocycles. The third-order valence-corrected chi connectivity index (χ3v) is 4.00.